The van der Waals surface area contributed by atoms with Crippen molar-refractivity contribution in [3.05, 3.63) is 72.7 Å². The molecule has 0 spiro atoms. The van der Waals surface area contributed by atoms with Crippen LogP contribution in [0.3, 0.4) is 0 Å². The molecule has 0 fully saturated rings. The van der Waals surface area contributed by atoms with Crippen LogP contribution in [-0.2, 0) is 0 Å². The lowest BCUT2D eigenvalue weighted by Gasteiger charge is -2.15. The highest BCUT2D eigenvalue weighted by atomic mass is 16.5. The highest BCUT2D eigenvalue weighted by Gasteiger charge is 2.18. The maximum absolute atomic E-state index is 9.73. The van der Waals surface area contributed by atoms with Gasteiger partial charge in [0.05, 0.1) is 24.2 Å². The van der Waals surface area contributed by atoms with Gasteiger partial charge in [0.2, 0.25) is 0 Å². The molecular formula is C21H16N6O. The Kier molecular flexibility index (Phi) is 4.44. The van der Waals surface area contributed by atoms with E-state index < -0.39 is 0 Å². The van der Waals surface area contributed by atoms with Crippen molar-refractivity contribution in [2.24, 2.45) is 0 Å². The molecule has 4 aromatic rings. The number of nitriles is 1. The second-order valence-corrected chi connectivity index (χ2v) is 5.98. The van der Waals surface area contributed by atoms with E-state index in [1.807, 2.05) is 54.7 Å². The molecule has 7 nitrogen and oxygen atoms in total. The maximum atomic E-state index is 9.73. The number of pyridine rings is 2. The van der Waals surface area contributed by atoms with E-state index in [9.17, 15) is 5.26 Å². The molecule has 0 unspecified atom stereocenters. The molecule has 28 heavy (non-hydrogen) atoms. The Bertz CT molecular complexity index is 1160. The molecular weight excluding hydrogens is 352 g/mol. The summed E-state index contributed by atoms with van der Waals surface area (Å²) < 4.78 is 7.12. The van der Waals surface area contributed by atoms with Gasteiger partial charge in [-0.25, -0.2) is 9.67 Å². The van der Waals surface area contributed by atoms with Crippen LogP contribution in [0.2, 0.25) is 0 Å². The Hall–Kier alpha value is -4.18. The van der Waals surface area contributed by atoms with Crippen LogP contribution in [0.4, 0.5) is 5.82 Å². The van der Waals surface area contributed by atoms with Crippen molar-refractivity contribution in [3.63, 3.8) is 0 Å². The lowest BCUT2D eigenvalue weighted by molar-refractivity contribution is 0.415. The number of methoxy groups -OCH3 is 1. The predicted octanol–water partition coefficient (Wildman–Crippen LogP) is 3.46. The Labute approximate surface area is 161 Å². The summed E-state index contributed by atoms with van der Waals surface area (Å²) in [7, 11) is 1.60. The molecule has 0 amide bonds. The quantitative estimate of drug-likeness (QED) is 0.592. The number of nitrogens with two attached hydrogens (primary N) is 1. The summed E-state index contributed by atoms with van der Waals surface area (Å²) in [5, 5.41) is 14.1. The van der Waals surface area contributed by atoms with Crippen LogP contribution in [-0.4, -0.2) is 26.9 Å². The highest BCUT2D eigenvalue weighted by molar-refractivity contribution is 5.84. The summed E-state index contributed by atoms with van der Waals surface area (Å²) in [4.78, 5) is 8.72. The molecule has 7 heteroatoms. The first-order chi connectivity index (χ1) is 13.7. The van der Waals surface area contributed by atoms with Crippen LogP contribution < -0.4 is 10.5 Å². The van der Waals surface area contributed by atoms with Crippen LogP contribution in [0.15, 0.2) is 67.1 Å². The molecule has 1 aromatic carbocycles. The van der Waals surface area contributed by atoms with Crippen LogP contribution in [0.5, 0.6) is 5.75 Å². The van der Waals surface area contributed by atoms with Crippen molar-refractivity contribution in [3.8, 4) is 40.0 Å². The molecule has 3 heterocycles. The van der Waals surface area contributed by atoms with Gasteiger partial charge in [-0.05, 0) is 42.5 Å². The largest absolute Gasteiger partial charge is 0.497 e. The number of benzene rings is 1. The second kappa shape index (κ2) is 7.21. The first-order valence-corrected chi connectivity index (χ1v) is 8.51. The third-order valence-corrected chi connectivity index (χ3v) is 4.33. The lowest BCUT2D eigenvalue weighted by Crippen LogP contribution is -2.03. The summed E-state index contributed by atoms with van der Waals surface area (Å²) in [5.41, 5.74) is 9.86. The van der Waals surface area contributed by atoms with Crippen molar-refractivity contribution in [2.45, 2.75) is 0 Å². The molecule has 2 N–H and O–H groups in total. The topological polar surface area (TPSA) is 103 Å². The summed E-state index contributed by atoms with van der Waals surface area (Å²) >= 11 is 0. The molecule has 0 radical (unpaired) electrons. The Balaban J connectivity index is 2.01. The average Bonchev–Trinajstić information content (AvgIpc) is 3.28. The van der Waals surface area contributed by atoms with Crippen molar-refractivity contribution in [1.82, 2.24) is 19.7 Å². The van der Waals surface area contributed by atoms with Crippen molar-refractivity contribution in [2.75, 3.05) is 12.8 Å². The standard InChI is InChI=1S/C21H16N6O/c1-28-14-6-7-20(27-10-4-9-25-27)16(11-14)15-12-19(18-5-2-3-8-24-18)26-21(23)17(15)13-22/h2-12H,1H3,(H2,23,26). The van der Waals surface area contributed by atoms with E-state index in [1.165, 1.54) is 0 Å². The van der Waals surface area contributed by atoms with E-state index in [4.69, 9.17) is 10.5 Å². The van der Waals surface area contributed by atoms with Gasteiger partial charge in [-0.15, -0.1) is 0 Å². The van der Waals surface area contributed by atoms with Gasteiger partial charge in [-0.1, -0.05) is 6.07 Å². The first-order valence-electron chi connectivity index (χ1n) is 8.51. The number of hydrogen-bond acceptors (Lipinski definition) is 6. The number of ether oxygens (including phenoxy) is 1. The van der Waals surface area contributed by atoms with Gasteiger partial charge >= 0.3 is 0 Å². The van der Waals surface area contributed by atoms with Gasteiger partial charge in [-0.3, -0.25) is 4.98 Å². The van der Waals surface area contributed by atoms with Crippen molar-refractivity contribution >= 4 is 5.82 Å². The molecule has 0 bridgehead atoms. The smallest absolute Gasteiger partial charge is 0.142 e. The third kappa shape index (κ3) is 3.04. The summed E-state index contributed by atoms with van der Waals surface area (Å²) in [6, 6.07) is 17.0. The zero-order valence-corrected chi connectivity index (χ0v) is 15.1. The summed E-state index contributed by atoms with van der Waals surface area (Å²) in [5.74, 6) is 0.805. The Morgan fingerprint density at radius 2 is 1.93 bits per heavy atom. The fourth-order valence-corrected chi connectivity index (χ4v) is 3.01. The predicted molar refractivity (Wildman–Crippen MR) is 106 cm³/mol. The SMILES string of the molecule is COc1ccc(-n2cccn2)c(-c2cc(-c3ccccn3)nc(N)c2C#N)c1. The van der Waals surface area contributed by atoms with Gasteiger partial charge in [0.1, 0.15) is 23.2 Å². The highest BCUT2D eigenvalue weighted by Crippen LogP contribution is 2.36. The summed E-state index contributed by atoms with van der Waals surface area (Å²) in [6.45, 7) is 0. The van der Waals surface area contributed by atoms with Crippen LogP contribution in [0, 0.1) is 11.3 Å². The van der Waals surface area contributed by atoms with E-state index in [0.29, 0.717) is 28.3 Å². The lowest BCUT2D eigenvalue weighted by atomic mass is 9.97. The van der Waals surface area contributed by atoms with Crippen LogP contribution >= 0.6 is 0 Å². The monoisotopic (exact) mass is 368 g/mol. The fraction of sp³-hybridized carbons (Fsp3) is 0.0476. The molecule has 0 aliphatic heterocycles. The molecule has 136 valence electrons. The molecule has 0 aliphatic rings. The Morgan fingerprint density at radius 3 is 2.61 bits per heavy atom. The van der Waals surface area contributed by atoms with E-state index in [2.05, 4.69) is 21.1 Å². The number of nitrogen functional groups attached to an aromatic ring is 1. The molecule has 3 aromatic heterocycles. The molecule has 0 aliphatic carbocycles. The van der Waals surface area contributed by atoms with Crippen molar-refractivity contribution < 1.29 is 4.74 Å². The third-order valence-electron chi connectivity index (χ3n) is 4.33. The normalized spacial score (nSPS) is 10.4. The molecule has 0 atom stereocenters. The van der Waals surface area contributed by atoms with Gasteiger partial charge in [0.15, 0.2) is 0 Å². The van der Waals surface area contributed by atoms with Gasteiger partial charge in [0.25, 0.3) is 0 Å². The van der Waals surface area contributed by atoms with E-state index in [1.54, 1.807) is 24.2 Å². The minimum Gasteiger partial charge on any atom is -0.497 e. The number of rotatable bonds is 4. The van der Waals surface area contributed by atoms with Gasteiger partial charge in [-0.2, -0.15) is 10.4 Å². The number of nitrogens with zero attached hydrogens (tertiary/aromatic N) is 5. The maximum Gasteiger partial charge on any atom is 0.142 e. The second-order valence-electron chi connectivity index (χ2n) is 5.98. The minimum atomic E-state index is 0.148. The van der Waals surface area contributed by atoms with E-state index >= 15 is 0 Å². The summed E-state index contributed by atoms with van der Waals surface area (Å²) in [6.07, 6.45) is 5.22. The number of aromatic nitrogens is 4. The zero-order chi connectivity index (χ0) is 19.5. The van der Waals surface area contributed by atoms with Crippen molar-refractivity contribution in [1.29, 1.82) is 5.26 Å². The minimum absolute atomic E-state index is 0.148. The number of hydrogen-bond donors (Lipinski definition) is 1. The Morgan fingerprint density at radius 1 is 1.04 bits per heavy atom. The van der Waals surface area contributed by atoms with Crippen LogP contribution in [0.25, 0.3) is 28.2 Å². The van der Waals surface area contributed by atoms with Gasteiger partial charge < -0.3 is 10.5 Å². The van der Waals surface area contributed by atoms with Crippen LogP contribution in [0.1, 0.15) is 5.56 Å². The van der Waals surface area contributed by atoms with E-state index in [-0.39, 0.29) is 5.82 Å². The molecule has 0 saturated carbocycles. The molecule has 0 saturated heterocycles. The first kappa shape index (κ1) is 17.2. The zero-order valence-electron chi connectivity index (χ0n) is 15.1. The van der Waals surface area contributed by atoms with E-state index in [0.717, 1.165) is 11.3 Å². The molecule has 4 rings (SSSR count). The number of anilines is 1. The fourth-order valence-electron chi connectivity index (χ4n) is 3.01. The van der Waals surface area contributed by atoms with Gasteiger partial charge in [0, 0.05) is 29.7 Å². The average molecular weight is 368 g/mol.